The molecular formula is C16H19AsN2O7. The zero-order valence-corrected chi connectivity index (χ0v) is 15.7. The number of nitrogens with two attached hydrogens (primary N) is 1. The van der Waals surface area contributed by atoms with Gasteiger partial charge in [-0.2, -0.15) is 0 Å². The molecule has 7 N–H and O–H groups in total. The van der Waals surface area contributed by atoms with E-state index in [0.717, 1.165) is 17.7 Å². The molecule has 10 heteroatoms. The predicted molar refractivity (Wildman–Crippen MR) is 95.1 cm³/mol. The summed E-state index contributed by atoms with van der Waals surface area (Å²) in [5.41, 5.74) is 7.06. The van der Waals surface area contributed by atoms with Crippen LogP contribution in [0, 0.1) is 0 Å². The number of phenolic OH excluding ortho intramolecular Hbond substituents is 1. The first kappa shape index (κ1) is 21.3. The Hall–Kier alpha value is -2.74. The molecule has 0 aliphatic carbocycles. The van der Waals surface area contributed by atoms with Crippen molar-refractivity contribution in [3.63, 3.8) is 0 Å². The van der Waals surface area contributed by atoms with Crippen molar-refractivity contribution in [3.05, 3.63) is 48.0 Å². The first-order valence-electron chi connectivity index (χ1n) is 7.22. The predicted octanol–water partition coefficient (Wildman–Crippen LogP) is -0.193. The minimum atomic E-state index is -5.09. The number of hydrogen-bond donors (Lipinski definition) is 6. The van der Waals surface area contributed by atoms with Crippen LogP contribution in [0.4, 0.5) is 11.4 Å². The Morgan fingerprint density at radius 1 is 1.15 bits per heavy atom. The van der Waals surface area contributed by atoms with E-state index in [9.17, 15) is 18.4 Å². The van der Waals surface area contributed by atoms with E-state index in [-0.39, 0.29) is 18.0 Å². The van der Waals surface area contributed by atoms with Gasteiger partial charge in [-0.25, -0.2) is 0 Å². The molecule has 0 unspecified atom stereocenters. The van der Waals surface area contributed by atoms with Crippen LogP contribution in [0.2, 0.25) is 0 Å². The van der Waals surface area contributed by atoms with Crippen LogP contribution in [0.5, 0.6) is 5.75 Å². The van der Waals surface area contributed by atoms with Crippen molar-refractivity contribution in [1.29, 1.82) is 0 Å². The zero-order chi connectivity index (χ0) is 19.9. The van der Waals surface area contributed by atoms with Crippen LogP contribution in [0.1, 0.15) is 12.5 Å². The van der Waals surface area contributed by atoms with Gasteiger partial charge in [0.2, 0.25) is 0 Å². The van der Waals surface area contributed by atoms with Crippen molar-refractivity contribution in [2.24, 2.45) is 0 Å². The number of aromatic hydroxyl groups is 1. The summed E-state index contributed by atoms with van der Waals surface area (Å²) in [5, 5.41) is 20.1. The molecule has 0 bridgehead atoms. The van der Waals surface area contributed by atoms with Crippen molar-refractivity contribution < 1.29 is 31.7 Å². The van der Waals surface area contributed by atoms with Gasteiger partial charge in [0.1, 0.15) is 0 Å². The van der Waals surface area contributed by atoms with Crippen LogP contribution in [-0.4, -0.2) is 44.5 Å². The summed E-state index contributed by atoms with van der Waals surface area (Å²) in [5.74, 6) is -1.69. The summed E-state index contributed by atoms with van der Waals surface area (Å²) >= 11 is -5.09. The molecule has 0 aliphatic rings. The number of phenols is 1. The van der Waals surface area contributed by atoms with Crippen LogP contribution in [0.25, 0.3) is 0 Å². The maximum absolute atomic E-state index is 10.9. The van der Waals surface area contributed by atoms with Gasteiger partial charge in [0.25, 0.3) is 0 Å². The van der Waals surface area contributed by atoms with Crippen LogP contribution >= 0.6 is 0 Å². The summed E-state index contributed by atoms with van der Waals surface area (Å²) in [6.45, 7) is 1.29. The number of hydrogen-bond acceptors (Lipinski definition) is 5. The molecule has 0 heterocycles. The standard InChI is InChI=1S/C8H10AsNO5.C8H9NO2/c1-5(11)10-6-2-3-7(8(12)4-6)9(13,14)15;9-7-3-1-2-6(4-7)5-8(10)11/h2-4,12H,1H3,(H,10,11)(H2,13,14,15);1-4H,5,9H2,(H,10,11). The van der Waals surface area contributed by atoms with Gasteiger partial charge in [-0.1, -0.05) is 12.1 Å². The van der Waals surface area contributed by atoms with Crippen LogP contribution in [0.3, 0.4) is 0 Å². The monoisotopic (exact) mass is 426 g/mol. The van der Waals surface area contributed by atoms with E-state index in [1.54, 1.807) is 24.3 Å². The SMILES string of the molecule is CC(=O)Nc1ccc([As](=O)(O)O)c(O)c1.Nc1cccc(CC(=O)O)c1. The van der Waals surface area contributed by atoms with E-state index >= 15 is 0 Å². The molecule has 0 saturated carbocycles. The second kappa shape index (κ2) is 9.09. The third-order valence-corrected chi connectivity index (χ3v) is 5.03. The number of rotatable bonds is 4. The average Bonchev–Trinajstić information content (AvgIpc) is 2.45. The first-order valence-corrected chi connectivity index (χ1v) is 10.6. The molecule has 0 aliphatic heterocycles. The van der Waals surface area contributed by atoms with Crippen molar-refractivity contribution in [1.82, 2.24) is 0 Å². The molecule has 0 atom stereocenters. The van der Waals surface area contributed by atoms with Crippen molar-refractivity contribution in [2.45, 2.75) is 13.3 Å². The van der Waals surface area contributed by atoms with E-state index in [0.29, 0.717) is 5.69 Å². The van der Waals surface area contributed by atoms with Gasteiger partial charge in [-0.15, -0.1) is 0 Å². The third-order valence-electron chi connectivity index (χ3n) is 2.92. The van der Waals surface area contributed by atoms with Crippen molar-refractivity contribution in [3.8, 4) is 5.75 Å². The molecule has 140 valence electrons. The molecule has 0 aromatic heterocycles. The fourth-order valence-electron chi connectivity index (χ4n) is 1.93. The van der Waals surface area contributed by atoms with E-state index in [1.807, 2.05) is 0 Å². The van der Waals surface area contributed by atoms with Crippen LogP contribution in [0.15, 0.2) is 42.5 Å². The number of carboxylic acid groups (broad SMARTS) is 1. The fraction of sp³-hybridized carbons (Fsp3) is 0.125. The molecule has 26 heavy (non-hydrogen) atoms. The molecule has 1 amide bonds. The smallest absolute Gasteiger partial charge is 0.307 e. The van der Waals surface area contributed by atoms with E-state index in [1.165, 1.54) is 13.0 Å². The molecule has 0 radical (unpaired) electrons. The molecule has 0 spiro atoms. The van der Waals surface area contributed by atoms with E-state index < -0.39 is 30.2 Å². The maximum Gasteiger partial charge on any atom is 0.307 e. The second-order valence-corrected chi connectivity index (χ2v) is 8.54. The van der Waals surface area contributed by atoms with Crippen molar-refractivity contribution >= 4 is 41.8 Å². The summed E-state index contributed by atoms with van der Waals surface area (Å²) in [6.07, 6.45) is 0.0328. The normalized spacial score (nSPS) is 10.4. The largest absolute Gasteiger partial charge is 0.481 e. The second-order valence-electron chi connectivity index (χ2n) is 5.24. The van der Waals surface area contributed by atoms with Gasteiger partial charge in [-0.05, 0) is 17.7 Å². The van der Waals surface area contributed by atoms with Crippen LogP contribution in [-0.2, 0) is 19.7 Å². The first-order chi connectivity index (χ1) is 12.0. The number of amides is 1. The van der Waals surface area contributed by atoms with Crippen molar-refractivity contribution in [2.75, 3.05) is 11.1 Å². The number of carboxylic acids is 1. The number of nitrogen functional groups attached to an aromatic ring is 1. The minimum absolute atomic E-state index is 0.0328. The van der Waals surface area contributed by atoms with Gasteiger partial charge in [0.05, 0.1) is 6.42 Å². The number of carbonyl (C=O) groups excluding carboxylic acids is 1. The summed E-state index contributed by atoms with van der Waals surface area (Å²) in [7, 11) is 0. The Kier molecular flexibility index (Phi) is 7.45. The average molecular weight is 426 g/mol. The molecule has 0 fully saturated rings. The Morgan fingerprint density at radius 3 is 2.27 bits per heavy atom. The molecular weight excluding hydrogens is 407 g/mol. The Morgan fingerprint density at radius 2 is 1.81 bits per heavy atom. The minimum Gasteiger partial charge on any atom is -0.481 e. The number of benzene rings is 2. The van der Waals surface area contributed by atoms with Gasteiger partial charge in [0, 0.05) is 5.69 Å². The Bertz CT molecular complexity index is 848. The number of nitrogens with one attached hydrogen (secondary N) is 1. The Labute approximate surface area is 152 Å². The van der Waals surface area contributed by atoms with Crippen LogP contribution < -0.4 is 15.4 Å². The van der Waals surface area contributed by atoms with E-state index in [2.05, 4.69) is 5.32 Å². The summed E-state index contributed by atoms with van der Waals surface area (Å²) < 4.78 is 28.2. The number of anilines is 2. The maximum atomic E-state index is 10.9. The molecule has 9 nitrogen and oxygen atoms in total. The number of aliphatic carboxylic acids is 1. The van der Waals surface area contributed by atoms with Gasteiger partial charge in [0.15, 0.2) is 0 Å². The van der Waals surface area contributed by atoms with Gasteiger partial charge < -0.3 is 10.8 Å². The van der Waals surface area contributed by atoms with Gasteiger partial charge >= 0.3 is 94.1 Å². The third kappa shape index (κ3) is 7.43. The summed E-state index contributed by atoms with van der Waals surface area (Å²) in [4.78, 5) is 20.9. The quantitative estimate of drug-likeness (QED) is 0.289. The molecule has 2 aromatic carbocycles. The van der Waals surface area contributed by atoms with E-state index in [4.69, 9.17) is 19.0 Å². The molecule has 0 saturated heterocycles. The summed E-state index contributed by atoms with van der Waals surface area (Å²) in [6, 6.07) is 10.4. The van der Waals surface area contributed by atoms with Gasteiger partial charge in [-0.3, -0.25) is 4.79 Å². The molecule has 2 rings (SSSR count). The fourth-order valence-corrected chi connectivity index (χ4v) is 3.25. The number of carbonyl (C=O) groups is 2. The topological polar surface area (TPSA) is 170 Å². The Balaban J connectivity index is 0.000000273. The molecule has 2 aromatic rings. The zero-order valence-electron chi connectivity index (χ0n) is 13.8.